The quantitative estimate of drug-likeness (QED) is 0.845. The molecule has 0 atom stereocenters. The molecule has 7 nitrogen and oxygen atoms in total. The minimum Gasteiger partial charge on any atom is -0.352 e. The molecule has 2 aromatic rings. The third-order valence-electron chi connectivity index (χ3n) is 4.50. The largest absolute Gasteiger partial charge is 0.352 e. The maximum absolute atomic E-state index is 12.2. The predicted molar refractivity (Wildman–Crippen MR) is 104 cm³/mol. The van der Waals surface area contributed by atoms with Gasteiger partial charge in [0.25, 0.3) is 5.91 Å². The first-order valence-corrected chi connectivity index (χ1v) is 9.26. The van der Waals surface area contributed by atoms with E-state index in [1.54, 1.807) is 11.8 Å². The van der Waals surface area contributed by atoms with Crippen molar-refractivity contribution in [1.29, 1.82) is 0 Å². The fourth-order valence-electron chi connectivity index (χ4n) is 2.94. The van der Waals surface area contributed by atoms with Gasteiger partial charge in [0, 0.05) is 57.1 Å². The van der Waals surface area contributed by atoms with Crippen molar-refractivity contribution >= 4 is 29.4 Å². The molecule has 1 saturated heterocycles. The van der Waals surface area contributed by atoms with Gasteiger partial charge in [-0.05, 0) is 24.1 Å². The highest BCUT2D eigenvalue weighted by atomic mass is 35.5. The fraction of sp³-hybridized carbons (Fsp3) is 0.368. The summed E-state index contributed by atoms with van der Waals surface area (Å²) in [5.74, 6) is 0.457. The van der Waals surface area contributed by atoms with E-state index in [4.69, 9.17) is 11.6 Å². The summed E-state index contributed by atoms with van der Waals surface area (Å²) < 4.78 is 0. The highest BCUT2D eigenvalue weighted by Gasteiger charge is 2.20. The molecule has 0 unspecified atom stereocenters. The Morgan fingerprint density at radius 2 is 1.85 bits per heavy atom. The Morgan fingerprint density at radius 3 is 2.48 bits per heavy atom. The third kappa shape index (κ3) is 5.17. The van der Waals surface area contributed by atoms with E-state index in [0.717, 1.165) is 5.56 Å². The summed E-state index contributed by atoms with van der Waals surface area (Å²) in [6, 6.07) is 7.57. The van der Waals surface area contributed by atoms with Crippen LogP contribution in [0.5, 0.6) is 0 Å². The van der Waals surface area contributed by atoms with Crippen LogP contribution in [0.25, 0.3) is 0 Å². The summed E-state index contributed by atoms with van der Waals surface area (Å²) >= 11 is 5.96. The average molecular weight is 388 g/mol. The number of aromatic nitrogens is 2. The number of nitrogens with one attached hydrogen (secondary N) is 1. The number of amides is 2. The molecule has 3 rings (SSSR count). The van der Waals surface area contributed by atoms with Gasteiger partial charge >= 0.3 is 0 Å². The third-order valence-corrected chi connectivity index (χ3v) is 4.73. The zero-order chi connectivity index (χ0) is 19.2. The van der Waals surface area contributed by atoms with Crippen LogP contribution < -0.4 is 10.2 Å². The van der Waals surface area contributed by atoms with Gasteiger partial charge in [0.15, 0.2) is 0 Å². The standard InChI is InChI=1S/C19H22ClN5O2/c1-14(26)24-7-9-25(10-8-24)19-22-12-16(13-23-19)18(27)21-6-5-15-3-2-4-17(20)11-15/h2-4,11-13H,5-10H2,1H3,(H,21,27). The summed E-state index contributed by atoms with van der Waals surface area (Å²) in [4.78, 5) is 36.0. The van der Waals surface area contributed by atoms with Gasteiger partial charge in [-0.2, -0.15) is 0 Å². The van der Waals surface area contributed by atoms with Crippen molar-refractivity contribution in [3.8, 4) is 0 Å². The topological polar surface area (TPSA) is 78.4 Å². The van der Waals surface area contributed by atoms with E-state index in [9.17, 15) is 9.59 Å². The molecule has 0 radical (unpaired) electrons. The Balaban J connectivity index is 1.49. The Kier molecular flexibility index (Phi) is 6.24. The average Bonchev–Trinajstić information content (AvgIpc) is 2.68. The lowest BCUT2D eigenvalue weighted by molar-refractivity contribution is -0.129. The summed E-state index contributed by atoms with van der Waals surface area (Å²) in [5, 5.41) is 3.55. The van der Waals surface area contributed by atoms with Gasteiger partial charge in [0.1, 0.15) is 0 Å². The summed E-state index contributed by atoms with van der Waals surface area (Å²) in [6.07, 6.45) is 3.77. The number of anilines is 1. The van der Waals surface area contributed by atoms with Crippen molar-refractivity contribution in [2.24, 2.45) is 0 Å². The number of carbonyl (C=O) groups excluding carboxylic acids is 2. The number of hydrogen-bond acceptors (Lipinski definition) is 5. The summed E-state index contributed by atoms with van der Waals surface area (Å²) in [5.41, 5.74) is 1.49. The molecule has 0 saturated carbocycles. The predicted octanol–water partition coefficient (Wildman–Crippen LogP) is 1.77. The molecule has 0 spiro atoms. The molecule has 142 valence electrons. The number of nitrogens with zero attached hydrogens (tertiary/aromatic N) is 4. The number of piperazine rings is 1. The Hall–Kier alpha value is -2.67. The Labute approximate surface area is 163 Å². The van der Waals surface area contributed by atoms with Crippen LogP contribution >= 0.6 is 11.6 Å². The molecule has 1 aliphatic heterocycles. The molecule has 1 aliphatic rings. The number of halogens is 1. The van der Waals surface area contributed by atoms with E-state index in [0.29, 0.717) is 55.7 Å². The second-order valence-corrected chi connectivity index (χ2v) is 6.84. The molecule has 0 aliphatic carbocycles. The molecule has 0 bridgehead atoms. The van der Waals surface area contributed by atoms with E-state index < -0.39 is 0 Å². The molecular weight excluding hydrogens is 366 g/mol. The van der Waals surface area contributed by atoms with Crippen LogP contribution in [0.1, 0.15) is 22.8 Å². The zero-order valence-corrected chi connectivity index (χ0v) is 15.9. The number of rotatable bonds is 5. The Bertz CT molecular complexity index is 804. The molecule has 1 fully saturated rings. The monoisotopic (exact) mass is 387 g/mol. The zero-order valence-electron chi connectivity index (χ0n) is 15.2. The van der Waals surface area contributed by atoms with Gasteiger partial charge in [-0.15, -0.1) is 0 Å². The smallest absolute Gasteiger partial charge is 0.254 e. The van der Waals surface area contributed by atoms with E-state index in [1.165, 1.54) is 12.4 Å². The highest BCUT2D eigenvalue weighted by Crippen LogP contribution is 2.12. The van der Waals surface area contributed by atoms with Crippen molar-refractivity contribution in [2.45, 2.75) is 13.3 Å². The maximum Gasteiger partial charge on any atom is 0.254 e. The van der Waals surface area contributed by atoms with Gasteiger partial charge in [0.2, 0.25) is 11.9 Å². The lowest BCUT2D eigenvalue weighted by atomic mass is 10.1. The second kappa shape index (κ2) is 8.81. The van der Waals surface area contributed by atoms with Crippen LogP contribution in [0.4, 0.5) is 5.95 Å². The molecule has 2 amide bonds. The molecule has 1 N–H and O–H groups in total. The van der Waals surface area contributed by atoms with Crippen LogP contribution in [0, 0.1) is 0 Å². The first-order valence-electron chi connectivity index (χ1n) is 8.88. The van der Waals surface area contributed by atoms with E-state index in [2.05, 4.69) is 15.3 Å². The van der Waals surface area contributed by atoms with Crippen molar-refractivity contribution in [3.63, 3.8) is 0 Å². The van der Waals surface area contributed by atoms with Crippen LogP contribution in [-0.4, -0.2) is 59.4 Å². The van der Waals surface area contributed by atoms with Crippen molar-refractivity contribution in [3.05, 3.63) is 52.8 Å². The Morgan fingerprint density at radius 1 is 1.15 bits per heavy atom. The van der Waals surface area contributed by atoms with E-state index in [-0.39, 0.29) is 11.8 Å². The first kappa shape index (κ1) is 19.1. The van der Waals surface area contributed by atoms with Crippen molar-refractivity contribution in [2.75, 3.05) is 37.6 Å². The number of hydrogen-bond donors (Lipinski definition) is 1. The van der Waals surface area contributed by atoms with Gasteiger partial charge in [0.05, 0.1) is 5.56 Å². The SMILES string of the molecule is CC(=O)N1CCN(c2ncc(C(=O)NCCc3cccc(Cl)c3)cn2)CC1. The minimum absolute atomic E-state index is 0.0837. The van der Waals surface area contributed by atoms with Gasteiger partial charge < -0.3 is 15.1 Å². The van der Waals surface area contributed by atoms with Crippen molar-refractivity contribution in [1.82, 2.24) is 20.2 Å². The van der Waals surface area contributed by atoms with Crippen LogP contribution in [0.2, 0.25) is 5.02 Å². The molecule has 27 heavy (non-hydrogen) atoms. The molecule has 2 heterocycles. The lowest BCUT2D eigenvalue weighted by Crippen LogP contribution is -2.48. The van der Waals surface area contributed by atoms with E-state index >= 15 is 0 Å². The van der Waals surface area contributed by atoms with Gasteiger partial charge in [-0.3, -0.25) is 9.59 Å². The fourth-order valence-corrected chi connectivity index (χ4v) is 3.15. The van der Waals surface area contributed by atoms with Gasteiger partial charge in [-0.25, -0.2) is 9.97 Å². The number of benzene rings is 1. The second-order valence-electron chi connectivity index (χ2n) is 6.40. The summed E-state index contributed by atoms with van der Waals surface area (Å²) in [6.45, 7) is 4.77. The minimum atomic E-state index is -0.204. The van der Waals surface area contributed by atoms with Crippen LogP contribution in [0.15, 0.2) is 36.7 Å². The molecule has 1 aromatic heterocycles. The van der Waals surface area contributed by atoms with Crippen molar-refractivity contribution < 1.29 is 9.59 Å². The molecule has 8 heteroatoms. The summed E-state index contributed by atoms with van der Waals surface area (Å²) in [7, 11) is 0. The highest BCUT2D eigenvalue weighted by molar-refractivity contribution is 6.30. The molecular formula is C19H22ClN5O2. The van der Waals surface area contributed by atoms with E-state index in [1.807, 2.05) is 29.2 Å². The maximum atomic E-state index is 12.2. The van der Waals surface area contributed by atoms with Gasteiger partial charge in [-0.1, -0.05) is 23.7 Å². The molecule has 1 aromatic carbocycles. The van der Waals surface area contributed by atoms with Crippen LogP contribution in [0.3, 0.4) is 0 Å². The van der Waals surface area contributed by atoms with Crippen LogP contribution in [-0.2, 0) is 11.2 Å². The normalized spacial score (nSPS) is 14.1. The lowest BCUT2D eigenvalue weighted by Gasteiger charge is -2.34. The number of carbonyl (C=O) groups is 2. The first-order chi connectivity index (χ1) is 13.0.